The van der Waals surface area contributed by atoms with E-state index < -0.39 is 0 Å². The van der Waals surface area contributed by atoms with E-state index in [9.17, 15) is 4.79 Å². The lowest BCUT2D eigenvalue weighted by molar-refractivity contribution is -0.137. The van der Waals surface area contributed by atoms with Gasteiger partial charge in [0.15, 0.2) is 0 Å². The standard InChI is InChI=1S/C25H35N5O2/c1-26-22-8-7-21(32-2)15-23(22)29-16-18-3-5-20(6-4-18)25(31)30-13-9-19(10-14-30)24-17-27-11-12-28-24/h7-8,11-12,15,17-20,26,29H,3-6,9-10,13-14,16H2,1-2H3. The number of carbonyl (C=O) groups is 1. The summed E-state index contributed by atoms with van der Waals surface area (Å²) in [5.41, 5.74) is 3.20. The van der Waals surface area contributed by atoms with Gasteiger partial charge in [0.1, 0.15) is 5.75 Å². The van der Waals surface area contributed by atoms with E-state index in [1.165, 1.54) is 0 Å². The van der Waals surface area contributed by atoms with Gasteiger partial charge < -0.3 is 20.3 Å². The van der Waals surface area contributed by atoms with Gasteiger partial charge in [-0.25, -0.2) is 0 Å². The van der Waals surface area contributed by atoms with E-state index >= 15 is 0 Å². The highest BCUT2D eigenvalue weighted by molar-refractivity contribution is 5.79. The maximum Gasteiger partial charge on any atom is 0.225 e. The minimum atomic E-state index is 0.184. The Morgan fingerprint density at radius 1 is 1.09 bits per heavy atom. The van der Waals surface area contributed by atoms with E-state index in [1.807, 2.05) is 31.4 Å². The largest absolute Gasteiger partial charge is 0.497 e. The first kappa shape index (κ1) is 22.4. The summed E-state index contributed by atoms with van der Waals surface area (Å²) in [5.74, 6) is 2.41. The number of methoxy groups -OCH3 is 1. The van der Waals surface area contributed by atoms with E-state index in [2.05, 4.69) is 25.5 Å². The molecule has 7 nitrogen and oxygen atoms in total. The zero-order valence-electron chi connectivity index (χ0n) is 19.2. The number of aromatic nitrogens is 2. The van der Waals surface area contributed by atoms with Crippen LogP contribution in [0.5, 0.6) is 5.75 Å². The average Bonchev–Trinajstić information content (AvgIpc) is 2.87. The van der Waals surface area contributed by atoms with Crippen LogP contribution >= 0.6 is 0 Å². The molecule has 0 atom stereocenters. The number of hydrogen-bond donors (Lipinski definition) is 2. The van der Waals surface area contributed by atoms with Crippen LogP contribution in [0.3, 0.4) is 0 Å². The molecule has 4 rings (SSSR count). The second kappa shape index (κ2) is 10.7. The minimum Gasteiger partial charge on any atom is -0.497 e. The third-order valence-electron chi connectivity index (χ3n) is 7.08. The molecular formula is C25H35N5O2. The third kappa shape index (κ3) is 5.31. The van der Waals surface area contributed by atoms with Crippen molar-refractivity contribution in [2.75, 3.05) is 44.4 Å². The summed E-state index contributed by atoms with van der Waals surface area (Å²) < 4.78 is 5.36. The molecule has 1 aliphatic carbocycles. The summed E-state index contributed by atoms with van der Waals surface area (Å²) >= 11 is 0. The van der Waals surface area contributed by atoms with E-state index in [0.29, 0.717) is 17.7 Å². The van der Waals surface area contributed by atoms with E-state index in [-0.39, 0.29) is 5.92 Å². The number of carbonyl (C=O) groups excluding carboxylic acids is 1. The predicted octanol–water partition coefficient (Wildman–Crippen LogP) is 4.15. The van der Waals surface area contributed by atoms with Crippen molar-refractivity contribution in [1.82, 2.24) is 14.9 Å². The predicted molar refractivity (Wildman–Crippen MR) is 127 cm³/mol. The van der Waals surface area contributed by atoms with Crippen LogP contribution in [0.4, 0.5) is 11.4 Å². The summed E-state index contributed by atoms with van der Waals surface area (Å²) in [4.78, 5) is 23.8. The normalized spacial score (nSPS) is 21.8. The number of benzene rings is 1. The minimum absolute atomic E-state index is 0.184. The van der Waals surface area contributed by atoms with Crippen LogP contribution in [0.25, 0.3) is 0 Å². The van der Waals surface area contributed by atoms with Crippen LogP contribution in [-0.4, -0.2) is 54.6 Å². The highest BCUT2D eigenvalue weighted by Gasteiger charge is 2.32. The molecular weight excluding hydrogens is 402 g/mol. The molecule has 7 heteroatoms. The summed E-state index contributed by atoms with van der Waals surface area (Å²) in [6.45, 7) is 2.60. The number of nitrogens with one attached hydrogen (secondary N) is 2. The first-order valence-corrected chi connectivity index (χ1v) is 11.8. The molecule has 0 spiro atoms. The summed E-state index contributed by atoms with van der Waals surface area (Å²) in [6.07, 6.45) is 11.5. The van der Waals surface area contributed by atoms with Gasteiger partial charge in [0, 0.05) is 63.2 Å². The Kier molecular flexibility index (Phi) is 7.45. The van der Waals surface area contributed by atoms with Crippen LogP contribution in [-0.2, 0) is 4.79 Å². The van der Waals surface area contributed by atoms with Gasteiger partial charge in [-0.05, 0) is 56.6 Å². The molecule has 2 N–H and O–H groups in total. The van der Waals surface area contributed by atoms with Crippen molar-refractivity contribution in [3.05, 3.63) is 42.5 Å². The van der Waals surface area contributed by atoms with Gasteiger partial charge in [-0.3, -0.25) is 14.8 Å². The molecule has 1 aromatic heterocycles. The Hall–Kier alpha value is -2.83. The van der Waals surface area contributed by atoms with Crippen LogP contribution in [0.1, 0.15) is 50.1 Å². The zero-order valence-corrected chi connectivity index (χ0v) is 19.2. The molecule has 2 aliphatic rings. The van der Waals surface area contributed by atoms with Crippen LogP contribution in [0, 0.1) is 11.8 Å². The lowest BCUT2D eigenvalue weighted by atomic mass is 9.80. The highest BCUT2D eigenvalue weighted by Crippen LogP contribution is 2.34. The van der Waals surface area contributed by atoms with Gasteiger partial charge in [0.25, 0.3) is 0 Å². The molecule has 172 valence electrons. The van der Waals surface area contributed by atoms with Crippen molar-refractivity contribution in [3.8, 4) is 5.75 Å². The molecule has 2 aromatic rings. The Morgan fingerprint density at radius 2 is 1.88 bits per heavy atom. The molecule has 0 unspecified atom stereocenters. The molecule has 1 saturated carbocycles. The summed E-state index contributed by atoms with van der Waals surface area (Å²) in [7, 11) is 3.62. The Morgan fingerprint density at radius 3 is 2.53 bits per heavy atom. The second-order valence-electron chi connectivity index (χ2n) is 8.99. The van der Waals surface area contributed by atoms with E-state index in [1.54, 1.807) is 19.5 Å². The maximum absolute atomic E-state index is 13.1. The van der Waals surface area contributed by atoms with E-state index in [0.717, 1.165) is 81.0 Å². The number of rotatable bonds is 7. The Labute approximate surface area is 191 Å². The van der Waals surface area contributed by atoms with Crippen LogP contribution < -0.4 is 15.4 Å². The lowest BCUT2D eigenvalue weighted by Gasteiger charge is -2.36. The van der Waals surface area contributed by atoms with Gasteiger partial charge in [-0.1, -0.05) is 0 Å². The molecule has 32 heavy (non-hydrogen) atoms. The van der Waals surface area contributed by atoms with E-state index in [4.69, 9.17) is 4.74 Å². The van der Waals surface area contributed by atoms with Crippen molar-refractivity contribution in [1.29, 1.82) is 0 Å². The first-order valence-electron chi connectivity index (χ1n) is 11.8. The van der Waals surface area contributed by atoms with Crippen LogP contribution in [0.15, 0.2) is 36.8 Å². The molecule has 2 heterocycles. The van der Waals surface area contributed by atoms with Gasteiger partial charge in [-0.2, -0.15) is 0 Å². The molecule has 1 saturated heterocycles. The third-order valence-corrected chi connectivity index (χ3v) is 7.08. The smallest absolute Gasteiger partial charge is 0.225 e. The highest BCUT2D eigenvalue weighted by atomic mass is 16.5. The van der Waals surface area contributed by atoms with Crippen LogP contribution in [0.2, 0.25) is 0 Å². The average molecular weight is 438 g/mol. The SMILES string of the molecule is CNc1ccc(OC)cc1NCC1CCC(C(=O)N2CCC(c3cnccn3)CC2)CC1. The molecule has 1 aliphatic heterocycles. The van der Waals surface area contributed by atoms with Gasteiger partial charge in [0.2, 0.25) is 5.91 Å². The number of hydrogen-bond acceptors (Lipinski definition) is 6. The first-order chi connectivity index (χ1) is 15.7. The molecule has 1 amide bonds. The number of ether oxygens (including phenoxy) is 1. The van der Waals surface area contributed by atoms with Gasteiger partial charge >= 0.3 is 0 Å². The van der Waals surface area contributed by atoms with Gasteiger partial charge in [0.05, 0.1) is 24.2 Å². The maximum atomic E-state index is 13.1. The summed E-state index contributed by atoms with van der Waals surface area (Å²) in [6, 6.07) is 6.03. The second-order valence-corrected chi connectivity index (χ2v) is 8.99. The zero-order chi connectivity index (χ0) is 22.3. The van der Waals surface area contributed by atoms with Crippen molar-refractivity contribution >= 4 is 17.3 Å². The van der Waals surface area contributed by atoms with Crippen molar-refractivity contribution in [3.63, 3.8) is 0 Å². The van der Waals surface area contributed by atoms with Gasteiger partial charge in [-0.15, -0.1) is 0 Å². The lowest BCUT2D eigenvalue weighted by Crippen LogP contribution is -2.42. The number of likely N-dealkylation sites (tertiary alicyclic amines) is 1. The van der Waals surface area contributed by atoms with Crippen molar-refractivity contribution in [2.24, 2.45) is 11.8 Å². The Balaban J connectivity index is 1.22. The Bertz CT molecular complexity index is 875. The molecule has 2 fully saturated rings. The molecule has 1 aromatic carbocycles. The van der Waals surface area contributed by atoms with Crippen molar-refractivity contribution < 1.29 is 9.53 Å². The fraction of sp³-hybridized carbons (Fsp3) is 0.560. The number of anilines is 2. The fourth-order valence-electron chi connectivity index (χ4n) is 5.06. The quantitative estimate of drug-likeness (QED) is 0.677. The monoisotopic (exact) mass is 437 g/mol. The number of amides is 1. The summed E-state index contributed by atoms with van der Waals surface area (Å²) in [5, 5.41) is 6.82. The van der Waals surface area contributed by atoms with Crippen molar-refractivity contribution in [2.45, 2.75) is 44.4 Å². The topological polar surface area (TPSA) is 79.4 Å². The molecule has 0 bridgehead atoms. The fourth-order valence-corrected chi connectivity index (χ4v) is 5.06. The number of nitrogens with zero attached hydrogens (tertiary/aromatic N) is 3. The number of piperidine rings is 1. The molecule has 0 radical (unpaired) electrons.